The number of nitrogens with one attached hydrogen (secondary N) is 1. The first kappa shape index (κ1) is 17.4. The van der Waals surface area contributed by atoms with Crippen molar-refractivity contribution < 1.29 is 4.39 Å². The van der Waals surface area contributed by atoms with Crippen molar-refractivity contribution in [3.05, 3.63) is 71.7 Å². The van der Waals surface area contributed by atoms with Crippen LogP contribution >= 0.6 is 0 Å². The van der Waals surface area contributed by atoms with Crippen LogP contribution in [0, 0.1) is 5.82 Å². The second-order valence-electron chi connectivity index (χ2n) is 7.14. The minimum absolute atomic E-state index is 0.220. The van der Waals surface area contributed by atoms with Gasteiger partial charge in [0.2, 0.25) is 5.95 Å². The maximum atomic E-state index is 13.3. The van der Waals surface area contributed by atoms with Crippen LogP contribution in [0.5, 0.6) is 0 Å². The van der Waals surface area contributed by atoms with Crippen molar-refractivity contribution in [1.82, 2.24) is 20.2 Å². The second-order valence-corrected chi connectivity index (χ2v) is 7.14. The summed E-state index contributed by atoms with van der Waals surface area (Å²) in [5.41, 5.74) is 9.99. The van der Waals surface area contributed by atoms with E-state index in [9.17, 15) is 4.39 Å². The number of anilines is 3. The average molecular weight is 389 g/mol. The van der Waals surface area contributed by atoms with Crippen LogP contribution in [0.2, 0.25) is 0 Å². The fourth-order valence-electron chi connectivity index (χ4n) is 3.83. The number of hydrogen-bond donors (Lipinski definition) is 2. The quantitative estimate of drug-likeness (QED) is 0.560. The van der Waals surface area contributed by atoms with E-state index in [1.165, 1.54) is 23.4 Å². The van der Waals surface area contributed by atoms with Crippen LogP contribution in [0.3, 0.4) is 0 Å². The van der Waals surface area contributed by atoms with Crippen LogP contribution in [-0.4, -0.2) is 33.3 Å². The molecule has 3 heterocycles. The van der Waals surface area contributed by atoms with Gasteiger partial charge in [-0.15, -0.1) is 0 Å². The van der Waals surface area contributed by atoms with E-state index in [0.29, 0.717) is 18.7 Å². The Hall–Kier alpha value is -3.68. The highest BCUT2D eigenvalue weighted by atomic mass is 19.1. The number of rotatable bonds is 3. The Labute approximate surface area is 167 Å². The Bertz CT molecular complexity index is 1160. The molecule has 1 aliphatic heterocycles. The van der Waals surface area contributed by atoms with Crippen LogP contribution in [0.4, 0.5) is 21.8 Å². The number of benzene rings is 2. The molecule has 0 saturated carbocycles. The third-order valence-electron chi connectivity index (χ3n) is 5.23. The van der Waals surface area contributed by atoms with E-state index < -0.39 is 0 Å². The third kappa shape index (κ3) is 3.33. The Balaban J connectivity index is 1.50. The van der Waals surface area contributed by atoms with E-state index in [1.807, 2.05) is 24.3 Å². The lowest BCUT2D eigenvalue weighted by Crippen LogP contribution is -2.31. The van der Waals surface area contributed by atoms with Gasteiger partial charge in [0.15, 0.2) is 5.65 Å². The number of aromatic nitrogens is 4. The summed E-state index contributed by atoms with van der Waals surface area (Å²) in [5.74, 6) is 0.777. The number of nitrogens with zero attached hydrogens (tertiary/aromatic N) is 5. The first-order valence-electron chi connectivity index (χ1n) is 9.46. The number of halogens is 1. The van der Waals surface area contributed by atoms with Gasteiger partial charge in [0, 0.05) is 31.9 Å². The second kappa shape index (κ2) is 7.05. The molecule has 0 fully saturated rings. The smallest absolute Gasteiger partial charge is 0.224 e. The molecule has 1 aliphatic rings. The summed E-state index contributed by atoms with van der Waals surface area (Å²) in [7, 11) is 0. The fraction of sp³-hybridized carbons (Fsp3) is 0.190. The van der Waals surface area contributed by atoms with E-state index in [0.717, 1.165) is 29.9 Å². The van der Waals surface area contributed by atoms with Gasteiger partial charge < -0.3 is 15.5 Å². The van der Waals surface area contributed by atoms with Crippen molar-refractivity contribution >= 4 is 28.5 Å². The van der Waals surface area contributed by atoms with Gasteiger partial charge in [0.25, 0.3) is 0 Å². The molecule has 0 amide bonds. The number of aromatic amines is 1. The number of nitrogen functional groups attached to an aromatic ring is 1. The summed E-state index contributed by atoms with van der Waals surface area (Å²) in [4.78, 5) is 13.2. The van der Waals surface area contributed by atoms with Crippen molar-refractivity contribution in [2.45, 2.75) is 13.1 Å². The fourth-order valence-corrected chi connectivity index (χ4v) is 3.83. The molecule has 8 heteroatoms. The highest BCUT2D eigenvalue weighted by Gasteiger charge is 2.23. The lowest BCUT2D eigenvalue weighted by Gasteiger charge is -2.25. The molecule has 0 atom stereocenters. The maximum Gasteiger partial charge on any atom is 0.224 e. The number of para-hydroxylation sites is 1. The summed E-state index contributed by atoms with van der Waals surface area (Å²) >= 11 is 0. The van der Waals surface area contributed by atoms with Crippen LogP contribution < -0.4 is 15.5 Å². The minimum Gasteiger partial charge on any atom is -0.368 e. The van der Waals surface area contributed by atoms with E-state index >= 15 is 0 Å². The Morgan fingerprint density at radius 2 is 1.86 bits per heavy atom. The molecule has 7 nitrogen and oxygen atoms in total. The number of H-pyrrole nitrogens is 1. The van der Waals surface area contributed by atoms with Gasteiger partial charge in [-0.2, -0.15) is 15.1 Å². The van der Waals surface area contributed by atoms with Crippen LogP contribution in [0.25, 0.3) is 11.0 Å². The first-order chi connectivity index (χ1) is 14.2. The van der Waals surface area contributed by atoms with Crippen molar-refractivity contribution in [2.75, 3.05) is 28.6 Å². The predicted molar refractivity (Wildman–Crippen MR) is 111 cm³/mol. The summed E-state index contributed by atoms with van der Waals surface area (Å²) in [6, 6.07) is 15.0. The molecule has 0 spiro atoms. The molecule has 0 saturated heterocycles. The summed E-state index contributed by atoms with van der Waals surface area (Å²) in [6.07, 6.45) is 1.73. The molecule has 0 unspecified atom stereocenters. The normalized spacial score (nSPS) is 14.1. The van der Waals surface area contributed by atoms with Gasteiger partial charge in [-0.05, 0) is 29.3 Å². The highest BCUT2D eigenvalue weighted by Crippen LogP contribution is 2.31. The van der Waals surface area contributed by atoms with Crippen molar-refractivity contribution in [2.24, 2.45) is 0 Å². The molecule has 4 aromatic rings. The average Bonchev–Trinajstić information content (AvgIpc) is 3.12. The molecule has 0 aliphatic carbocycles. The van der Waals surface area contributed by atoms with Crippen LogP contribution in [0.1, 0.15) is 11.1 Å². The van der Waals surface area contributed by atoms with E-state index in [2.05, 4.69) is 42.1 Å². The van der Waals surface area contributed by atoms with E-state index in [4.69, 9.17) is 5.73 Å². The van der Waals surface area contributed by atoms with Crippen LogP contribution in [-0.2, 0) is 13.1 Å². The molecular weight excluding hydrogens is 369 g/mol. The maximum absolute atomic E-state index is 13.3. The Morgan fingerprint density at radius 3 is 2.72 bits per heavy atom. The number of hydrogen-bond acceptors (Lipinski definition) is 6. The molecule has 2 aromatic carbocycles. The molecular formula is C21H20FN7. The summed E-state index contributed by atoms with van der Waals surface area (Å²) in [6.45, 7) is 2.95. The lowest BCUT2D eigenvalue weighted by atomic mass is 10.1. The summed E-state index contributed by atoms with van der Waals surface area (Å²) in [5, 5.41) is 7.82. The van der Waals surface area contributed by atoms with Crippen molar-refractivity contribution in [3.8, 4) is 0 Å². The molecule has 0 radical (unpaired) electrons. The van der Waals surface area contributed by atoms with Gasteiger partial charge >= 0.3 is 0 Å². The van der Waals surface area contributed by atoms with E-state index in [-0.39, 0.29) is 11.8 Å². The van der Waals surface area contributed by atoms with Gasteiger partial charge in [0.1, 0.15) is 11.6 Å². The highest BCUT2D eigenvalue weighted by molar-refractivity contribution is 5.87. The van der Waals surface area contributed by atoms with Crippen molar-refractivity contribution in [3.63, 3.8) is 0 Å². The molecule has 0 bridgehead atoms. The molecule has 146 valence electrons. The van der Waals surface area contributed by atoms with Gasteiger partial charge in [-0.3, -0.25) is 5.10 Å². The standard InChI is InChI=1S/C21H20FN7/c22-16-7-5-14(6-8-16)12-28-9-10-29(13-15-3-1-2-4-18(15)28)20-17-11-24-27-19(17)25-21(23)26-20/h1-8,11H,9-10,12-13H2,(H3,23,24,25,26,27). The molecule has 2 aromatic heterocycles. The Kier molecular flexibility index (Phi) is 4.23. The zero-order chi connectivity index (χ0) is 19.8. The Morgan fingerprint density at radius 1 is 1.03 bits per heavy atom. The van der Waals surface area contributed by atoms with Gasteiger partial charge in [0.05, 0.1) is 11.6 Å². The zero-order valence-electron chi connectivity index (χ0n) is 15.7. The minimum atomic E-state index is -0.221. The predicted octanol–water partition coefficient (Wildman–Crippen LogP) is 3.10. The largest absolute Gasteiger partial charge is 0.368 e. The summed E-state index contributed by atoms with van der Waals surface area (Å²) < 4.78 is 13.3. The van der Waals surface area contributed by atoms with E-state index in [1.54, 1.807) is 6.20 Å². The molecule has 5 rings (SSSR count). The topological polar surface area (TPSA) is 87.0 Å². The van der Waals surface area contributed by atoms with Gasteiger partial charge in [-0.25, -0.2) is 4.39 Å². The lowest BCUT2D eigenvalue weighted by molar-refractivity contribution is 0.626. The number of nitrogens with two attached hydrogens (primary N) is 1. The number of fused-ring (bicyclic) bond motifs is 2. The SMILES string of the molecule is Nc1nc(N2CCN(Cc3ccc(F)cc3)c3ccccc3C2)c2cn[nH]c2n1. The zero-order valence-corrected chi connectivity index (χ0v) is 15.7. The molecule has 3 N–H and O–H groups in total. The van der Waals surface area contributed by atoms with Crippen LogP contribution in [0.15, 0.2) is 54.7 Å². The monoisotopic (exact) mass is 389 g/mol. The van der Waals surface area contributed by atoms with Crippen molar-refractivity contribution in [1.29, 1.82) is 0 Å². The molecule has 29 heavy (non-hydrogen) atoms. The van der Waals surface area contributed by atoms with Gasteiger partial charge in [-0.1, -0.05) is 30.3 Å². The third-order valence-corrected chi connectivity index (χ3v) is 5.23. The first-order valence-corrected chi connectivity index (χ1v) is 9.46.